The molecular formula is C38H39F4N3O6. The minimum absolute atomic E-state index is 0.0422. The first-order valence-corrected chi connectivity index (χ1v) is 17.0. The molecule has 51 heavy (non-hydrogen) atoms. The van der Waals surface area contributed by atoms with Crippen molar-refractivity contribution >= 4 is 23.4 Å². The molecule has 1 aliphatic carbocycles. The maximum Gasteiger partial charge on any atom is 0.305 e. The van der Waals surface area contributed by atoms with E-state index >= 15 is 0 Å². The van der Waals surface area contributed by atoms with Gasteiger partial charge < -0.3 is 30.1 Å². The Bertz CT molecular complexity index is 1820. The van der Waals surface area contributed by atoms with Crippen LogP contribution in [-0.4, -0.2) is 81.7 Å². The third-order valence-corrected chi connectivity index (χ3v) is 9.52. The first kappa shape index (κ1) is 36.1. The number of carboxylic acid groups (broad SMARTS) is 1. The molecule has 0 aromatic heterocycles. The molecule has 2 heterocycles. The number of nitrogens with zero attached hydrogens (tertiary/aromatic N) is 2. The number of nitrogens with one attached hydrogen (secondary N) is 1. The summed E-state index contributed by atoms with van der Waals surface area (Å²) in [4.78, 5) is 42.1. The van der Waals surface area contributed by atoms with Crippen LogP contribution in [0.2, 0.25) is 0 Å². The Kier molecular flexibility index (Phi) is 11.1. The molecule has 3 N–H and O–H groups in total. The zero-order valence-electron chi connectivity index (χ0n) is 27.8. The highest BCUT2D eigenvalue weighted by Crippen LogP contribution is 2.38. The Morgan fingerprint density at radius 1 is 0.922 bits per heavy atom. The third-order valence-electron chi connectivity index (χ3n) is 9.52. The summed E-state index contributed by atoms with van der Waals surface area (Å²) in [6.07, 6.45) is 0.612. The van der Waals surface area contributed by atoms with Crippen LogP contribution in [0.3, 0.4) is 0 Å². The van der Waals surface area contributed by atoms with Gasteiger partial charge in [-0.3, -0.25) is 14.4 Å². The number of carboxylic acids is 1. The van der Waals surface area contributed by atoms with Crippen LogP contribution in [-0.2, 0) is 27.3 Å². The molecule has 9 nitrogen and oxygen atoms in total. The smallest absolute Gasteiger partial charge is 0.305 e. The van der Waals surface area contributed by atoms with Crippen molar-refractivity contribution in [3.8, 4) is 5.75 Å². The quantitative estimate of drug-likeness (QED) is 0.123. The number of aliphatic hydroxyl groups is 1. The highest BCUT2D eigenvalue weighted by Gasteiger charge is 2.43. The predicted octanol–water partition coefficient (Wildman–Crippen LogP) is 5.00. The van der Waals surface area contributed by atoms with Crippen LogP contribution in [0.1, 0.15) is 55.2 Å². The Morgan fingerprint density at radius 2 is 1.65 bits per heavy atom. The van der Waals surface area contributed by atoms with E-state index in [1.54, 1.807) is 28.0 Å². The molecule has 2 aliphatic heterocycles. The van der Waals surface area contributed by atoms with Crippen molar-refractivity contribution in [3.05, 3.63) is 106 Å². The van der Waals surface area contributed by atoms with Crippen LogP contribution in [0, 0.1) is 23.3 Å². The van der Waals surface area contributed by atoms with Gasteiger partial charge in [-0.1, -0.05) is 42.5 Å². The van der Waals surface area contributed by atoms with E-state index in [2.05, 4.69) is 5.32 Å². The fourth-order valence-corrected chi connectivity index (χ4v) is 6.86. The Balaban J connectivity index is 1.23. The molecule has 2 bridgehead atoms. The maximum atomic E-state index is 14.8. The first-order chi connectivity index (χ1) is 24.5. The monoisotopic (exact) mass is 709 g/mol. The summed E-state index contributed by atoms with van der Waals surface area (Å²) in [7, 11) is 0. The van der Waals surface area contributed by atoms with Gasteiger partial charge in [-0.2, -0.15) is 4.39 Å². The molecule has 270 valence electrons. The van der Waals surface area contributed by atoms with Gasteiger partial charge in [0.25, 0.3) is 5.91 Å². The second-order valence-corrected chi connectivity index (χ2v) is 13.3. The Morgan fingerprint density at radius 3 is 2.35 bits per heavy atom. The minimum atomic E-state index is -1.37. The van der Waals surface area contributed by atoms with Crippen molar-refractivity contribution in [2.24, 2.45) is 0 Å². The van der Waals surface area contributed by atoms with Gasteiger partial charge in [0.2, 0.25) is 11.7 Å². The van der Waals surface area contributed by atoms with E-state index in [1.807, 2.05) is 24.3 Å². The largest absolute Gasteiger partial charge is 0.488 e. The number of fused-ring (bicyclic) bond motifs is 2. The number of aliphatic hydroxyl groups excluding tert-OH is 1. The molecule has 0 spiro atoms. The van der Waals surface area contributed by atoms with Gasteiger partial charge in [-0.15, -0.1) is 0 Å². The van der Waals surface area contributed by atoms with Crippen LogP contribution in [0.5, 0.6) is 5.75 Å². The van der Waals surface area contributed by atoms with Crippen LogP contribution in [0.25, 0.3) is 5.57 Å². The molecule has 6 rings (SSSR count). The summed E-state index contributed by atoms with van der Waals surface area (Å²) in [5, 5.41) is 22.7. The van der Waals surface area contributed by atoms with Crippen LogP contribution >= 0.6 is 0 Å². The number of piperazine rings is 1. The molecule has 1 saturated carbocycles. The molecule has 3 atom stereocenters. The third kappa shape index (κ3) is 8.59. The summed E-state index contributed by atoms with van der Waals surface area (Å²) in [5.74, 6) is -6.59. The van der Waals surface area contributed by atoms with E-state index in [9.17, 15) is 37.1 Å². The van der Waals surface area contributed by atoms with Crippen molar-refractivity contribution in [2.75, 3.05) is 19.7 Å². The average Bonchev–Trinajstić information content (AvgIpc) is 3.94. The van der Waals surface area contributed by atoms with E-state index in [1.165, 1.54) is 6.07 Å². The van der Waals surface area contributed by atoms with Crippen LogP contribution < -0.4 is 10.1 Å². The van der Waals surface area contributed by atoms with E-state index in [-0.39, 0.29) is 44.1 Å². The van der Waals surface area contributed by atoms with Crippen molar-refractivity contribution in [3.63, 3.8) is 0 Å². The number of ether oxygens (including phenoxy) is 1. The number of hydrogen-bond donors (Lipinski definition) is 3. The van der Waals surface area contributed by atoms with Gasteiger partial charge in [0, 0.05) is 42.9 Å². The van der Waals surface area contributed by atoms with Crippen molar-refractivity contribution in [1.29, 1.82) is 0 Å². The zero-order valence-corrected chi connectivity index (χ0v) is 27.8. The number of carbonyl (C=O) groups is 3. The molecular weight excluding hydrogens is 670 g/mol. The lowest BCUT2D eigenvalue weighted by Gasteiger charge is -2.45. The van der Waals surface area contributed by atoms with Gasteiger partial charge >= 0.3 is 5.97 Å². The van der Waals surface area contributed by atoms with Crippen molar-refractivity contribution in [1.82, 2.24) is 15.1 Å². The lowest BCUT2D eigenvalue weighted by atomic mass is 9.82. The lowest BCUT2D eigenvalue weighted by molar-refractivity contribution is -0.141. The number of aryl methyl sites for hydroxylation is 1. The summed E-state index contributed by atoms with van der Waals surface area (Å²) >= 11 is 0. The lowest BCUT2D eigenvalue weighted by Crippen LogP contribution is -2.62. The van der Waals surface area contributed by atoms with E-state index in [0.717, 1.165) is 35.6 Å². The summed E-state index contributed by atoms with van der Waals surface area (Å²) in [6.45, 7) is 0.464. The van der Waals surface area contributed by atoms with Gasteiger partial charge in [-0.05, 0) is 67.0 Å². The number of benzene rings is 3. The SMILES string of the molecule is O=C(O)C[C@H](O)CC(=O)N1C[C@H]2CC(c3ccc(CCCOc4c(F)ccc(F)c4F)cc3)=C(C(=O)N(Cc3ccccc3F)C3CC3)[C@@H](C1)N2. The maximum absolute atomic E-state index is 14.8. The molecule has 2 amide bonds. The minimum Gasteiger partial charge on any atom is -0.488 e. The summed E-state index contributed by atoms with van der Waals surface area (Å²) < 4.78 is 61.3. The number of aliphatic carboxylic acids is 1. The van der Waals surface area contributed by atoms with Gasteiger partial charge in [0.15, 0.2) is 17.4 Å². The second-order valence-electron chi connectivity index (χ2n) is 13.3. The zero-order chi connectivity index (χ0) is 36.2. The average molecular weight is 710 g/mol. The first-order valence-electron chi connectivity index (χ1n) is 17.0. The number of rotatable bonds is 14. The highest BCUT2D eigenvalue weighted by atomic mass is 19.2. The molecule has 13 heteroatoms. The number of amides is 2. The molecule has 0 radical (unpaired) electrons. The van der Waals surface area contributed by atoms with E-state index in [0.29, 0.717) is 43.0 Å². The van der Waals surface area contributed by atoms with Gasteiger partial charge in [0.1, 0.15) is 5.82 Å². The predicted molar refractivity (Wildman–Crippen MR) is 178 cm³/mol. The molecule has 3 aromatic carbocycles. The number of hydrogen-bond acceptors (Lipinski definition) is 6. The van der Waals surface area contributed by atoms with E-state index in [4.69, 9.17) is 9.84 Å². The molecule has 0 unspecified atom stereocenters. The Labute approximate surface area is 292 Å². The highest BCUT2D eigenvalue weighted by molar-refractivity contribution is 6.03. The second kappa shape index (κ2) is 15.6. The summed E-state index contributed by atoms with van der Waals surface area (Å²) in [5.41, 5.74) is 3.37. The van der Waals surface area contributed by atoms with Gasteiger partial charge in [-0.25, -0.2) is 13.2 Å². The van der Waals surface area contributed by atoms with Gasteiger partial charge in [0.05, 0.1) is 31.6 Å². The molecule has 2 fully saturated rings. The van der Waals surface area contributed by atoms with Crippen molar-refractivity contribution < 1.29 is 46.9 Å². The van der Waals surface area contributed by atoms with Crippen molar-refractivity contribution in [2.45, 2.75) is 75.7 Å². The van der Waals surface area contributed by atoms with Crippen LogP contribution in [0.4, 0.5) is 17.6 Å². The molecule has 1 saturated heterocycles. The summed E-state index contributed by atoms with van der Waals surface area (Å²) in [6, 6.07) is 14.6. The fraction of sp³-hybridized carbons (Fsp3) is 0.395. The topological polar surface area (TPSA) is 119 Å². The number of carbonyl (C=O) groups excluding carboxylic acids is 2. The standard InChI is InChI=1S/C38H39F4N3O6/c39-29-6-2-1-5-24(29)19-45(26-11-12-26)38(50)35-28(16-25-20-44(21-32(35)43-25)33(47)17-27(46)18-34(48)49)23-9-7-22(8-10-23)4-3-15-51-37-31(41)14-13-30(40)36(37)42/h1-2,5-10,13-14,25-27,32,43,46H,3-4,11-12,15-21H2,(H,48,49)/t25-,27-,32-/m1/s1. The number of halogens is 4. The fourth-order valence-electron chi connectivity index (χ4n) is 6.86. The Hall–Kier alpha value is -4.75. The van der Waals surface area contributed by atoms with Crippen LogP contribution in [0.15, 0.2) is 66.2 Å². The molecule has 3 aromatic rings. The van der Waals surface area contributed by atoms with E-state index < -0.39 is 59.5 Å². The normalized spacial score (nSPS) is 19.1. The molecule has 3 aliphatic rings.